The molecule has 1 aliphatic heterocycles. The molecule has 0 aromatic heterocycles. The van der Waals surface area contributed by atoms with Crippen molar-refractivity contribution in [3.63, 3.8) is 0 Å². The molecule has 2 rings (SSSR count). The minimum Gasteiger partial charge on any atom is -0.469 e. The third kappa shape index (κ3) is 5.45. The summed E-state index contributed by atoms with van der Waals surface area (Å²) in [5.41, 5.74) is 1.53. The summed E-state index contributed by atoms with van der Waals surface area (Å²) in [5.74, 6) is -0.437. The van der Waals surface area contributed by atoms with Gasteiger partial charge >= 0.3 is 12.1 Å². The van der Waals surface area contributed by atoms with Crippen LogP contribution in [0, 0.1) is 6.92 Å². The molecular formula is C20H28N2O5. The first-order valence-corrected chi connectivity index (χ1v) is 9.33. The van der Waals surface area contributed by atoms with Crippen molar-refractivity contribution in [1.82, 2.24) is 9.80 Å². The van der Waals surface area contributed by atoms with Crippen molar-refractivity contribution in [2.45, 2.75) is 39.2 Å². The predicted molar refractivity (Wildman–Crippen MR) is 100 cm³/mol. The average molecular weight is 376 g/mol. The maximum atomic E-state index is 13.2. The number of methoxy groups -OCH3 is 1. The van der Waals surface area contributed by atoms with Gasteiger partial charge in [0, 0.05) is 31.2 Å². The minimum atomic E-state index is -0.346. The van der Waals surface area contributed by atoms with Crippen LogP contribution in [-0.2, 0) is 14.3 Å². The normalized spacial score (nSPS) is 14.6. The first-order valence-electron chi connectivity index (χ1n) is 9.33. The van der Waals surface area contributed by atoms with Crippen molar-refractivity contribution in [1.29, 1.82) is 0 Å². The molecule has 0 unspecified atom stereocenters. The molecule has 1 aromatic rings. The highest BCUT2D eigenvalue weighted by molar-refractivity contribution is 5.96. The fourth-order valence-electron chi connectivity index (χ4n) is 3.31. The topological polar surface area (TPSA) is 76.2 Å². The Bertz CT molecular complexity index is 668. The highest BCUT2D eigenvalue weighted by atomic mass is 16.6. The van der Waals surface area contributed by atoms with E-state index in [1.165, 1.54) is 7.11 Å². The Balaban J connectivity index is 2.11. The zero-order valence-electron chi connectivity index (χ0n) is 16.3. The fraction of sp³-hybridized carbons (Fsp3) is 0.550. The third-order valence-electron chi connectivity index (χ3n) is 4.85. The highest BCUT2D eigenvalue weighted by Gasteiger charge is 2.31. The molecule has 7 heteroatoms. The molecule has 0 aliphatic carbocycles. The number of esters is 1. The molecule has 7 nitrogen and oxygen atoms in total. The van der Waals surface area contributed by atoms with E-state index in [0.717, 1.165) is 5.56 Å². The predicted octanol–water partition coefficient (Wildman–Crippen LogP) is 2.62. The van der Waals surface area contributed by atoms with E-state index < -0.39 is 0 Å². The summed E-state index contributed by atoms with van der Waals surface area (Å²) >= 11 is 0. The molecular weight excluding hydrogens is 348 g/mol. The molecule has 1 aliphatic rings. The lowest BCUT2D eigenvalue weighted by molar-refractivity contribution is -0.140. The molecule has 1 heterocycles. The number of rotatable bonds is 6. The van der Waals surface area contributed by atoms with Crippen LogP contribution in [-0.4, -0.2) is 67.2 Å². The Hall–Kier alpha value is -2.57. The van der Waals surface area contributed by atoms with E-state index in [9.17, 15) is 14.4 Å². The molecule has 0 radical (unpaired) electrons. The second-order valence-corrected chi connectivity index (χ2v) is 6.56. The summed E-state index contributed by atoms with van der Waals surface area (Å²) in [7, 11) is 1.34. The van der Waals surface area contributed by atoms with E-state index in [1.54, 1.807) is 22.8 Å². The van der Waals surface area contributed by atoms with Crippen molar-refractivity contribution >= 4 is 18.0 Å². The number of carbonyl (C=O) groups is 3. The molecule has 0 bridgehead atoms. The summed E-state index contributed by atoms with van der Waals surface area (Å²) in [6.07, 6.45) is 1.13. The molecule has 0 saturated carbocycles. The number of amides is 2. The zero-order valence-corrected chi connectivity index (χ0v) is 16.3. The van der Waals surface area contributed by atoms with E-state index >= 15 is 0 Å². The maximum absolute atomic E-state index is 13.2. The number of nitrogens with zero attached hydrogens (tertiary/aromatic N) is 2. The summed E-state index contributed by atoms with van der Waals surface area (Å²) < 4.78 is 9.77. The molecule has 0 spiro atoms. The summed E-state index contributed by atoms with van der Waals surface area (Å²) in [6.45, 7) is 5.37. The zero-order chi connectivity index (χ0) is 19.8. The number of aryl methyl sites for hydroxylation is 1. The van der Waals surface area contributed by atoms with E-state index in [0.29, 0.717) is 44.6 Å². The van der Waals surface area contributed by atoms with Gasteiger partial charge in [-0.25, -0.2) is 4.79 Å². The van der Waals surface area contributed by atoms with Gasteiger partial charge in [-0.1, -0.05) is 18.2 Å². The van der Waals surface area contributed by atoms with E-state index in [4.69, 9.17) is 9.47 Å². The first kappa shape index (κ1) is 20.7. The smallest absolute Gasteiger partial charge is 0.409 e. The van der Waals surface area contributed by atoms with Crippen LogP contribution in [0.3, 0.4) is 0 Å². The van der Waals surface area contributed by atoms with Crippen LogP contribution in [0.15, 0.2) is 24.3 Å². The van der Waals surface area contributed by atoms with Gasteiger partial charge in [0.1, 0.15) is 0 Å². The van der Waals surface area contributed by atoms with Crippen LogP contribution in [0.1, 0.15) is 42.1 Å². The lowest BCUT2D eigenvalue weighted by Gasteiger charge is -2.38. The lowest BCUT2D eigenvalue weighted by Crippen LogP contribution is -2.49. The summed E-state index contributed by atoms with van der Waals surface area (Å²) in [4.78, 5) is 40.1. The van der Waals surface area contributed by atoms with Gasteiger partial charge in [0.2, 0.25) is 0 Å². The van der Waals surface area contributed by atoms with Crippen LogP contribution in [0.2, 0.25) is 0 Å². The van der Waals surface area contributed by atoms with Gasteiger partial charge in [-0.15, -0.1) is 0 Å². The fourth-order valence-corrected chi connectivity index (χ4v) is 3.31. The highest BCUT2D eigenvalue weighted by Crippen LogP contribution is 2.21. The molecule has 1 saturated heterocycles. The SMILES string of the molecule is CCOC(=O)N1CCC(N(CCC(=O)OC)C(=O)c2ccccc2C)CC1. The van der Waals surface area contributed by atoms with Gasteiger partial charge in [0.15, 0.2) is 0 Å². The standard InChI is InChI=1S/C20H28N2O5/c1-4-27-20(25)21-12-9-16(10-13-21)22(14-11-18(23)26-3)19(24)17-8-6-5-7-15(17)2/h5-8,16H,4,9-14H2,1-3H3. The van der Waals surface area contributed by atoms with Crippen molar-refractivity contribution in [2.24, 2.45) is 0 Å². The van der Waals surface area contributed by atoms with E-state index in [-0.39, 0.29) is 30.4 Å². The van der Waals surface area contributed by atoms with Crippen molar-refractivity contribution in [3.8, 4) is 0 Å². The van der Waals surface area contributed by atoms with E-state index in [2.05, 4.69) is 0 Å². The van der Waals surface area contributed by atoms with Crippen molar-refractivity contribution < 1.29 is 23.9 Å². The van der Waals surface area contributed by atoms with Crippen LogP contribution in [0.4, 0.5) is 4.79 Å². The molecule has 1 aromatic carbocycles. The minimum absolute atomic E-state index is 0.0348. The van der Waals surface area contributed by atoms with Gasteiger partial charge in [0.25, 0.3) is 5.91 Å². The number of likely N-dealkylation sites (tertiary alicyclic amines) is 1. The Morgan fingerprint density at radius 1 is 1.19 bits per heavy atom. The molecule has 0 N–H and O–H groups in total. The molecule has 2 amide bonds. The second-order valence-electron chi connectivity index (χ2n) is 6.56. The molecule has 1 fully saturated rings. The van der Waals surface area contributed by atoms with Crippen LogP contribution in [0.25, 0.3) is 0 Å². The monoisotopic (exact) mass is 376 g/mol. The Labute approximate surface area is 160 Å². The van der Waals surface area contributed by atoms with Gasteiger partial charge in [-0.2, -0.15) is 0 Å². The van der Waals surface area contributed by atoms with Crippen molar-refractivity contribution in [3.05, 3.63) is 35.4 Å². The van der Waals surface area contributed by atoms with Gasteiger partial charge in [-0.05, 0) is 38.3 Å². The molecule has 148 valence electrons. The second kappa shape index (κ2) is 9.94. The Kier molecular flexibility index (Phi) is 7.64. The van der Waals surface area contributed by atoms with Gasteiger partial charge in [0.05, 0.1) is 20.1 Å². The Morgan fingerprint density at radius 3 is 2.44 bits per heavy atom. The number of ether oxygens (including phenoxy) is 2. The summed E-state index contributed by atoms with van der Waals surface area (Å²) in [5, 5.41) is 0. The summed E-state index contributed by atoms with van der Waals surface area (Å²) in [6, 6.07) is 7.39. The van der Waals surface area contributed by atoms with Gasteiger partial charge in [-0.3, -0.25) is 9.59 Å². The van der Waals surface area contributed by atoms with Crippen molar-refractivity contribution in [2.75, 3.05) is 33.4 Å². The number of benzene rings is 1. The maximum Gasteiger partial charge on any atom is 0.409 e. The largest absolute Gasteiger partial charge is 0.469 e. The van der Waals surface area contributed by atoms with Gasteiger partial charge < -0.3 is 19.3 Å². The number of hydrogen-bond acceptors (Lipinski definition) is 5. The average Bonchev–Trinajstić information content (AvgIpc) is 2.68. The quantitative estimate of drug-likeness (QED) is 0.714. The number of carbonyl (C=O) groups excluding carboxylic acids is 3. The van der Waals surface area contributed by atoms with Crippen LogP contribution >= 0.6 is 0 Å². The Morgan fingerprint density at radius 2 is 1.85 bits per heavy atom. The van der Waals surface area contributed by atoms with E-state index in [1.807, 2.05) is 25.1 Å². The lowest BCUT2D eigenvalue weighted by atomic mass is 10.0. The first-order chi connectivity index (χ1) is 13.0. The van der Waals surface area contributed by atoms with Crippen LogP contribution < -0.4 is 0 Å². The molecule has 27 heavy (non-hydrogen) atoms. The number of hydrogen-bond donors (Lipinski definition) is 0. The third-order valence-corrected chi connectivity index (χ3v) is 4.85. The van der Waals surface area contributed by atoms with Crippen LogP contribution in [0.5, 0.6) is 0 Å². The molecule has 0 atom stereocenters. The number of piperidine rings is 1.